The van der Waals surface area contributed by atoms with Crippen LogP contribution in [0.2, 0.25) is 0 Å². The van der Waals surface area contributed by atoms with Gasteiger partial charge in [-0.05, 0) is 31.2 Å². The summed E-state index contributed by atoms with van der Waals surface area (Å²) in [6, 6.07) is 14.4. The maximum absolute atomic E-state index is 12.2. The van der Waals surface area contributed by atoms with E-state index in [1.54, 1.807) is 24.3 Å². The van der Waals surface area contributed by atoms with Gasteiger partial charge in [0.2, 0.25) is 0 Å². The number of nitrogens with two attached hydrogens (primary N) is 2. The molecular weight excluding hydrogens is 304 g/mol. The summed E-state index contributed by atoms with van der Waals surface area (Å²) in [4.78, 5) is 23.7. The molecule has 7 heteroatoms. The van der Waals surface area contributed by atoms with Crippen molar-refractivity contribution in [3.63, 3.8) is 0 Å². The average Bonchev–Trinajstić information content (AvgIpc) is 2.55. The minimum Gasteiger partial charge on any atom is -0.398 e. The standard InChI is InChI=1S/C17H16N6O/c1-10-11-6-3-5-9-14(11)21-17(20-10)23-16(19)22-15(24)12-7-2-4-8-13(12)18/h2-9H,18H2,1H3,(H3,19,20,21,22,23,24)/p+1. The van der Waals surface area contributed by atoms with Crippen molar-refractivity contribution in [2.75, 3.05) is 5.73 Å². The molecule has 0 aliphatic heterocycles. The highest BCUT2D eigenvalue weighted by molar-refractivity contribution is 6.06. The first kappa shape index (κ1) is 15.4. The van der Waals surface area contributed by atoms with Crippen molar-refractivity contribution < 1.29 is 9.79 Å². The van der Waals surface area contributed by atoms with Crippen LogP contribution in [-0.2, 0) is 0 Å². The molecule has 0 bridgehead atoms. The number of guanidine groups is 1. The zero-order valence-corrected chi connectivity index (χ0v) is 13.1. The van der Waals surface area contributed by atoms with E-state index in [0.29, 0.717) is 17.2 Å². The number of aryl methyl sites for hydroxylation is 1. The zero-order valence-electron chi connectivity index (χ0n) is 13.1. The number of hydrogen-bond donors (Lipinski definition) is 4. The molecule has 0 fully saturated rings. The highest BCUT2D eigenvalue weighted by atomic mass is 16.1. The maximum atomic E-state index is 12.2. The van der Waals surface area contributed by atoms with E-state index in [2.05, 4.69) is 20.3 Å². The molecule has 0 saturated heterocycles. The van der Waals surface area contributed by atoms with E-state index in [1.807, 2.05) is 31.2 Å². The molecule has 1 heterocycles. The maximum Gasteiger partial charge on any atom is 0.354 e. The number of nitrogens with one attached hydrogen (secondary N) is 2. The Labute approximate surface area is 138 Å². The number of benzene rings is 2. The van der Waals surface area contributed by atoms with Gasteiger partial charge in [-0.15, -0.1) is 9.97 Å². The molecule has 24 heavy (non-hydrogen) atoms. The molecule has 6 N–H and O–H groups in total. The van der Waals surface area contributed by atoms with Crippen LogP contribution in [0.4, 0.5) is 11.6 Å². The zero-order chi connectivity index (χ0) is 17.1. The van der Waals surface area contributed by atoms with E-state index < -0.39 is 5.91 Å². The van der Waals surface area contributed by atoms with Crippen LogP contribution in [0.3, 0.4) is 0 Å². The second kappa shape index (κ2) is 6.33. The Hall–Kier alpha value is -3.48. The van der Waals surface area contributed by atoms with Crippen LogP contribution in [-0.4, -0.2) is 21.8 Å². The number of fused-ring (bicyclic) bond motifs is 1. The van der Waals surface area contributed by atoms with Gasteiger partial charge in [-0.3, -0.25) is 4.79 Å². The second-order valence-corrected chi connectivity index (χ2v) is 5.23. The van der Waals surface area contributed by atoms with E-state index >= 15 is 0 Å². The molecule has 3 rings (SSSR count). The molecule has 0 saturated carbocycles. The lowest BCUT2D eigenvalue weighted by atomic mass is 10.2. The fourth-order valence-electron chi connectivity index (χ4n) is 2.34. The number of nitrogens with zero attached hydrogens (tertiary/aromatic N) is 2. The van der Waals surface area contributed by atoms with Gasteiger partial charge in [0.05, 0.1) is 11.3 Å². The highest BCUT2D eigenvalue weighted by Gasteiger charge is 2.14. The van der Waals surface area contributed by atoms with Crippen LogP contribution in [0.15, 0.2) is 48.5 Å². The van der Waals surface area contributed by atoms with Crippen LogP contribution in [0, 0.1) is 6.92 Å². The number of anilines is 1. The highest BCUT2D eigenvalue weighted by Crippen LogP contribution is 2.14. The van der Waals surface area contributed by atoms with Gasteiger partial charge in [-0.1, -0.05) is 24.3 Å². The van der Waals surface area contributed by atoms with Gasteiger partial charge in [0.25, 0.3) is 11.9 Å². The number of para-hydroxylation sites is 2. The van der Waals surface area contributed by atoms with Crippen LogP contribution >= 0.6 is 0 Å². The number of carbonyl (C=O) groups is 1. The lowest BCUT2D eigenvalue weighted by molar-refractivity contribution is -0.367. The minimum absolute atomic E-state index is 0.0259. The lowest BCUT2D eigenvalue weighted by Crippen LogP contribution is -2.75. The first-order chi connectivity index (χ1) is 11.5. The predicted octanol–water partition coefficient (Wildman–Crippen LogP) is -0.0228. The summed E-state index contributed by atoms with van der Waals surface area (Å²) in [6.45, 7) is 1.88. The fraction of sp³-hybridized carbons (Fsp3) is 0.0588. The van der Waals surface area contributed by atoms with Crippen molar-refractivity contribution in [1.29, 1.82) is 0 Å². The number of hydrogen-bond acceptors (Lipinski definition) is 4. The molecule has 7 nitrogen and oxygen atoms in total. The third-order valence-electron chi connectivity index (χ3n) is 3.49. The van der Waals surface area contributed by atoms with Crippen LogP contribution < -0.4 is 21.8 Å². The van der Waals surface area contributed by atoms with Gasteiger partial charge >= 0.3 is 5.95 Å². The summed E-state index contributed by atoms with van der Waals surface area (Å²) in [6.07, 6.45) is 0. The van der Waals surface area contributed by atoms with E-state index in [1.165, 1.54) is 0 Å². The number of amides is 1. The van der Waals surface area contributed by atoms with E-state index in [4.69, 9.17) is 11.5 Å². The molecule has 0 atom stereocenters. The number of carbonyl (C=O) groups excluding carboxylic acids is 1. The van der Waals surface area contributed by atoms with Crippen molar-refractivity contribution in [1.82, 2.24) is 15.3 Å². The van der Waals surface area contributed by atoms with Gasteiger partial charge in [-0.2, -0.15) is 0 Å². The molecule has 120 valence electrons. The van der Waals surface area contributed by atoms with Gasteiger partial charge in [0.1, 0.15) is 5.52 Å². The SMILES string of the molecule is Cc1nc([NH+]=C(N)NC(=O)c2ccccc2N)nc2ccccc12. The Bertz CT molecular complexity index is 951. The van der Waals surface area contributed by atoms with Gasteiger partial charge in [0, 0.05) is 11.1 Å². The summed E-state index contributed by atoms with van der Waals surface area (Å²) < 4.78 is 0. The quantitative estimate of drug-likeness (QED) is 0.300. The molecular formula is C17H17N6O+. The minimum atomic E-state index is -0.407. The Morgan fingerprint density at radius 1 is 1.08 bits per heavy atom. The molecule has 0 aliphatic rings. The van der Waals surface area contributed by atoms with Crippen molar-refractivity contribution >= 4 is 34.4 Å². The summed E-state index contributed by atoms with van der Waals surface area (Å²) >= 11 is 0. The lowest BCUT2D eigenvalue weighted by Gasteiger charge is -2.04. The summed E-state index contributed by atoms with van der Waals surface area (Å²) in [5, 5.41) is 3.50. The molecule has 0 aliphatic carbocycles. The molecule has 1 amide bonds. The monoisotopic (exact) mass is 321 g/mol. The summed E-state index contributed by atoms with van der Waals surface area (Å²) in [5.74, 6) is -0.0708. The second-order valence-electron chi connectivity index (χ2n) is 5.23. The van der Waals surface area contributed by atoms with Gasteiger partial charge in [-0.25, -0.2) is 10.3 Å². The largest absolute Gasteiger partial charge is 0.398 e. The Balaban J connectivity index is 1.86. The van der Waals surface area contributed by atoms with E-state index in [9.17, 15) is 4.79 Å². The Morgan fingerprint density at radius 3 is 2.58 bits per heavy atom. The first-order valence-electron chi connectivity index (χ1n) is 7.33. The normalized spacial score (nSPS) is 11.5. The van der Waals surface area contributed by atoms with Crippen molar-refractivity contribution in [2.24, 2.45) is 5.73 Å². The van der Waals surface area contributed by atoms with Gasteiger partial charge in [0.15, 0.2) is 0 Å². The third kappa shape index (κ3) is 3.14. The van der Waals surface area contributed by atoms with Crippen LogP contribution in [0.25, 0.3) is 10.9 Å². The Kier molecular flexibility index (Phi) is 4.07. The van der Waals surface area contributed by atoms with Crippen molar-refractivity contribution in [3.8, 4) is 0 Å². The van der Waals surface area contributed by atoms with Crippen LogP contribution in [0.5, 0.6) is 0 Å². The smallest absolute Gasteiger partial charge is 0.354 e. The predicted molar refractivity (Wildman–Crippen MR) is 92.4 cm³/mol. The number of nitrogen functional groups attached to an aromatic ring is 1. The topological polar surface area (TPSA) is 121 Å². The van der Waals surface area contributed by atoms with Crippen molar-refractivity contribution in [2.45, 2.75) is 6.92 Å². The molecule has 0 unspecified atom stereocenters. The molecule has 0 radical (unpaired) electrons. The summed E-state index contributed by atoms with van der Waals surface area (Å²) in [7, 11) is 0. The first-order valence-corrected chi connectivity index (χ1v) is 7.33. The third-order valence-corrected chi connectivity index (χ3v) is 3.49. The van der Waals surface area contributed by atoms with E-state index in [0.717, 1.165) is 16.6 Å². The Morgan fingerprint density at radius 2 is 1.79 bits per heavy atom. The van der Waals surface area contributed by atoms with E-state index in [-0.39, 0.29) is 5.96 Å². The molecule has 0 spiro atoms. The fourth-order valence-corrected chi connectivity index (χ4v) is 2.34. The van der Waals surface area contributed by atoms with Crippen molar-refractivity contribution in [3.05, 3.63) is 59.8 Å². The van der Waals surface area contributed by atoms with Crippen LogP contribution in [0.1, 0.15) is 16.1 Å². The molecule has 3 aromatic rings. The average molecular weight is 321 g/mol. The van der Waals surface area contributed by atoms with Gasteiger partial charge < -0.3 is 11.5 Å². The number of rotatable bonds is 2. The molecule has 2 aromatic carbocycles. The summed E-state index contributed by atoms with van der Waals surface area (Å²) in [5.41, 5.74) is 13.9. The number of aromatic nitrogens is 2. The molecule has 1 aromatic heterocycles.